The lowest BCUT2D eigenvalue weighted by Gasteiger charge is -2.27. The smallest absolute Gasteiger partial charge is 0.416 e. The summed E-state index contributed by atoms with van der Waals surface area (Å²) < 4.78 is 73.9. The van der Waals surface area contributed by atoms with E-state index < -0.39 is 29.4 Å². The molecule has 9 heteroatoms. The lowest BCUT2D eigenvalue weighted by molar-refractivity contribution is -0.138. The van der Waals surface area contributed by atoms with Gasteiger partial charge in [-0.05, 0) is 55.6 Å². The van der Waals surface area contributed by atoms with E-state index >= 15 is 0 Å². The van der Waals surface area contributed by atoms with Gasteiger partial charge in [-0.3, -0.25) is 9.69 Å². The molecule has 2 aromatic rings. The minimum atomic E-state index is -4.25. The van der Waals surface area contributed by atoms with Crippen LogP contribution in [0, 0.1) is 0 Å². The van der Waals surface area contributed by atoms with Crippen molar-refractivity contribution in [1.82, 2.24) is 4.90 Å². The topological polar surface area (TPSA) is 40.5 Å². The highest BCUT2D eigenvalue weighted by Crippen LogP contribution is 2.31. The Kier molecular flexibility index (Phi) is 12.1. The van der Waals surface area contributed by atoms with Gasteiger partial charge in [-0.15, -0.1) is 0 Å². The highest BCUT2D eigenvalue weighted by Gasteiger charge is 2.31. The molecule has 0 aliphatic carbocycles. The highest BCUT2D eigenvalue weighted by atomic mass is 19.4. The number of carboxylic acids is 1. The van der Waals surface area contributed by atoms with Gasteiger partial charge in [0.05, 0.1) is 11.1 Å². The van der Waals surface area contributed by atoms with Crippen LogP contribution in [0.2, 0.25) is 0 Å². The number of benzene rings is 2. The first-order chi connectivity index (χ1) is 15.8. The lowest BCUT2D eigenvalue weighted by Crippen LogP contribution is -2.29. The Labute approximate surface area is 196 Å². The molecule has 0 atom stereocenters. The number of aryl methyl sites for hydroxylation is 1. The summed E-state index contributed by atoms with van der Waals surface area (Å²) >= 11 is 0. The molecule has 3 rings (SSSR count). The average molecular weight is 492 g/mol. The zero-order valence-electron chi connectivity index (χ0n) is 19.3. The van der Waals surface area contributed by atoms with Crippen LogP contribution in [0.25, 0.3) is 0 Å². The Morgan fingerprint density at radius 3 is 1.82 bits per heavy atom. The maximum absolute atomic E-state index is 12.9. The molecule has 0 unspecified atom stereocenters. The number of rotatable bonds is 4. The van der Waals surface area contributed by atoms with Gasteiger partial charge in [-0.1, -0.05) is 56.2 Å². The third kappa shape index (κ3) is 11.5. The Hall–Kier alpha value is -2.55. The van der Waals surface area contributed by atoms with Crippen molar-refractivity contribution in [3.63, 3.8) is 0 Å². The molecule has 0 saturated carbocycles. The lowest BCUT2D eigenvalue weighted by atomic mass is 9.99. The Balaban J connectivity index is 0.000000343. The molecule has 1 aliphatic rings. The van der Waals surface area contributed by atoms with E-state index in [1.54, 1.807) is 12.1 Å². The van der Waals surface area contributed by atoms with Crippen LogP contribution in [-0.4, -0.2) is 29.1 Å². The normalized spacial score (nSPS) is 14.4. The average Bonchev–Trinajstić information content (AvgIpc) is 2.75. The number of alkyl halides is 6. The first-order valence-corrected chi connectivity index (χ1v) is 11.1. The van der Waals surface area contributed by atoms with Crippen molar-refractivity contribution >= 4 is 5.97 Å². The van der Waals surface area contributed by atoms with Crippen molar-refractivity contribution in [3.05, 3.63) is 70.8 Å². The fraction of sp³-hybridized carbons (Fsp3) is 0.480. The molecule has 0 amide bonds. The predicted octanol–water partition coefficient (Wildman–Crippen LogP) is 7.44. The largest absolute Gasteiger partial charge is 0.481 e. The van der Waals surface area contributed by atoms with Crippen LogP contribution in [0.15, 0.2) is 48.5 Å². The van der Waals surface area contributed by atoms with E-state index in [0.717, 1.165) is 69.0 Å². The van der Waals surface area contributed by atoms with Crippen LogP contribution in [0.5, 0.6) is 0 Å². The van der Waals surface area contributed by atoms with Gasteiger partial charge in [0.1, 0.15) is 0 Å². The van der Waals surface area contributed by atoms with E-state index in [0.29, 0.717) is 6.54 Å². The Morgan fingerprint density at radius 2 is 1.38 bits per heavy atom. The summed E-state index contributed by atoms with van der Waals surface area (Å²) in [6.07, 6.45) is -3.10. The van der Waals surface area contributed by atoms with E-state index in [4.69, 9.17) is 9.90 Å². The molecule has 0 radical (unpaired) electrons. The number of carboxylic acid groups (broad SMARTS) is 1. The summed E-state index contributed by atoms with van der Waals surface area (Å²) in [5.41, 5.74) is 0.786. The van der Waals surface area contributed by atoms with Gasteiger partial charge in [0.2, 0.25) is 0 Å². The van der Waals surface area contributed by atoms with Gasteiger partial charge < -0.3 is 5.11 Å². The number of aliphatic carboxylic acids is 1. The summed E-state index contributed by atoms with van der Waals surface area (Å²) in [5, 5.41) is 7.42. The Bertz CT molecular complexity index is 856. The number of likely N-dealkylation sites (tertiary alicyclic amines) is 1. The number of hydrogen-bond donors (Lipinski definition) is 1. The maximum atomic E-state index is 12.9. The SMILES string of the molecule is CC(=O)O.CCCc1ccc(C(F)(F)F)cc1CN1CCCCC1.FC(F)(F)c1ccccc1. The number of piperidine rings is 1. The van der Waals surface area contributed by atoms with Crippen LogP contribution in [0.3, 0.4) is 0 Å². The molecule has 3 nitrogen and oxygen atoms in total. The van der Waals surface area contributed by atoms with Crippen molar-refractivity contribution in [2.24, 2.45) is 0 Å². The van der Waals surface area contributed by atoms with E-state index in [1.807, 2.05) is 0 Å². The van der Waals surface area contributed by atoms with E-state index in [9.17, 15) is 26.3 Å². The summed E-state index contributed by atoms with van der Waals surface area (Å²) in [4.78, 5) is 11.3. The number of nitrogens with zero attached hydrogens (tertiary/aromatic N) is 1. The van der Waals surface area contributed by atoms with Crippen molar-refractivity contribution in [1.29, 1.82) is 0 Å². The molecule has 190 valence electrons. The van der Waals surface area contributed by atoms with Gasteiger partial charge in [-0.2, -0.15) is 26.3 Å². The van der Waals surface area contributed by atoms with Gasteiger partial charge in [0.15, 0.2) is 0 Å². The van der Waals surface area contributed by atoms with Crippen molar-refractivity contribution in [3.8, 4) is 0 Å². The predicted molar refractivity (Wildman–Crippen MR) is 119 cm³/mol. The zero-order valence-corrected chi connectivity index (χ0v) is 19.3. The molecule has 1 fully saturated rings. The Morgan fingerprint density at radius 1 is 0.853 bits per heavy atom. The van der Waals surface area contributed by atoms with Gasteiger partial charge >= 0.3 is 12.4 Å². The van der Waals surface area contributed by atoms with Gasteiger partial charge in [-0.25, -0.2) is 0 Å². The molecule has 34 heavy (non-hydrogen) atoms. The fourth-order valence-electron chi connectivity index (χ4n) is 3.45. The monoisotopic (exact) mass is 491 g/mol. The first kappa shape index (κ1) is 29.5. The highest BCUT2D eigenvalue weighted by molar-refractivity contribution is 5.62. The maximum Gasteiger partial charge on any atom is 0.416 e. The second-order valence-electron chi connectivity index (χ2n) is 7.95. The number of halogens is 6. The van der Waals surface area contributed by atoms with E-state index in [-0.39, 0.29) is 0 Å². The number of carbonyl (C=O) groups is 1. The van der Waals surface area contributed by atoms with Crippen LogP contribution >= 0.6 is 0 Å². The molecular weight excluding hydrogens is 460 g/mol. The molecule has 1 heterocycles. The van der Waals surface area contributed by atoms with E-state index in [1.165, 1.54) is 30.7 Å². The van der Waals surface area contributed by atoms with Crippen LogP contribution in [0.1, 0.15) is 61.8 Å². The molecule has 0 aromatic heterocycles. The van der Waals surface area contributed by atoms with Crippen LogP contribution in [0.4, 0.5) is 26.3 Å². The molecule has 0 spiro atoms. The molecule has 1 N–H and O–H groups in total. The minimum absolute atomic E-state index is 0.524. The van der Waals surface area contributed by atoms with Crippen LogP contribution < -0.4 is 0 Å². The van der Waals surface area contributed by atoms with Crippen molar-refractivity contribution < 1.29 is 36.2 Å². The fourth-order valence-corrected chi connectivity index (χ4v) is 3.45. The quantitative estimate of drug-likeness (QED) is 0.452. The summed E-state index contributed by atoms with van der Waals surface area (Å²) in [6.45, 7) is 5.80. The molecule has 1 saturated heterocycles. The standard InChI is InChI=1S/C16H22F3N.C7H5F3.C2H4O2/c1-2-6-13-7-8-15(16(17,18)19)11-14(13)12-20-9-4-3-5-10-20;8-7(9,10)6-4-2-1-3-5-6;1-2(3)4/h7-8,11H,2-6,9-10,12H2,1H3;1-5H;1H3,(H,3,4). The summed E-state index contributed by atoms with van der Waals surface area (Å²) in [6, 6.07) is 10.6. The second-order valence-corrected chi connectivity index (χ2v) is 7.95. The van der Waals surface area contributed by atoms with Crippen molar-refractivity contribution in [2.45, 2.75) is 64.8 Å². The summed E-state index contributed by atoms with van der Waals surface area (Å²) in [5.74, 6) is -0.833. The van der Waals surface area contributed by atoms with Gasteiger partial charge in [0, 0.05) is 13.5 Å². The molecular formula is C25H31F6NO2. The van der Waals surface area contributed by atoms with Crippen LogP contribution in [-0.2, 0) is 30.1 Å². The number of hydrogen-bond acceptors (Lipinski definition) is 2. The first-order valence-electron chi connectivity index (χ1n) is 11.1. The van der Waals surface area contributed by atoms with Gasteiger partial charge in [0.25, 0.3) is 5.97 Å². The molecule has 1 aliphatic heterocycles. The third-order valence-electron chi connectivity index (χ3n) is 5.00. The second kappa shape index (κ2) is 14.0. The summed E-state index contributed by atoms with van der Waals surface area (Å²) in [7, 11) is 0. The van der Waals surface area contributed by atoms with E-state index in [2.05, 4.69) is 11.8 Å². The minimum Gasteiger partial charge on any atom is -0.481 e. The molecule has 0 bridgehead atoms. The third-order valence-corrected chi connectivity index (χ3v) is 5.00. The zero-order chi connectivity index (χ0) is 25.8. The van der Waals surface area contributed by atoms with Crippen molar-refractivity contribution in [2.75, 3.05) is 13.1 Å². The molecule has 2 aromatic carbocycles.